The van der Waals surface area contributed by atoms with E-state index in [1.54, 1.807) is 17.5 Å². The Hall–Kier alpha value is -1.61. The van der Waals surface area contributed by atoms with Crippen molar-refractivity contribution in [3.8, 4) is 10.6 Å². The van der Waals surface area contributed by atoms with Crippen LogP contribution in [0, 0.1) is 7.05 Å². The lowest BCUT2D eigenvalue weighted by atomic mass is 10.2. The number of nitrogens with zero attached hydrogens (tertiary/aromatic N) is 2. The topological polar surface area (TPSA) is 17.8 Å². The predicted molar refractivity (Wildman–Crippen MR) is 62.7 cm³/mol. The zero-order valence-electron chi connectivity index (χ0n) is 7.92. The molecular formula is C12H8N2S. The maximum absolute atomic E-state index is 5.52. The van der Waals surface area contributed by atoms with Gasteiger partial charge in [0, 0.05) is 10.9 Å². The molecule has 72 valence electrons. The minimum absolute atomic E-state index is 0.929. The van der Waals surface area contributed by atoms with Gasteiger partial charge in [-0.25, -0.2) is 0 Å². The third-order valence-electron chi connectivity index (χ3n) is 2.29. The number of hydrogen-bond acceptors (Lipinski definition) is 2. The average Bonchev–Trinajstić information content (AvgIpc) is 2.82. The van der Waals surface area contributed by atoms with Crippen molar-refractivity contribution in [3.63, 3.8) is 0 Å². The quantitative estimate of drug-likeness (QED) is 0.605. The van der Waals surface area contributed by atoms with Gasteiger partial charge >= 0.3 is 0 Å². The molecule has 1 aromatic carbocycles. The summed E-state index contributed by atoms with van der Waals surface area (Å²) in [5.41, 5.74) is 0.929. The van der Waals surface area contributed by atoms with Gasteiger partial charge in [-0.1, -0.05) is 18.2 Å². The van der Waals surface area contributed by atoms with Crippen molar-refractivity contribution in [1.29, 1.82) is 0 Å². The van der Waals surface area contributed by atoms with E-state index in [0.717, 1.165) is 10.6 Å². The van der Waals surface area contributed by atoms with Crippen molar-refractivity contribution >= 4 is 21.4 Å². The van der Waals surface area contributed by atoms with E-state index >= 15 is 0 Å². The largest absolute Gasteiger partial charge is 0.265 e. The molecule has 0 amide bonds. The lowest BCUT2D eigenvalue weighted by Gasteiger charge is -1.86. The Morgan fingerprint density at radius 1 is 1.20 bits per heavy atom. The van der Waals surface area contributed by atoms with E-state index in [9.17, 15) is 0 Å². The molecule has 2 aromatic heterocycles. The predicted octanol–water partition coefficient (Wildman–Crippen LogP) is 3.28. The summed E-state index contributed by atoms with van der Waals surface area (Å²) in [7, 11) is 5.52. The molecule has 0 saturated heterocycles. The molecule has 3 aromatic rings. The lowest BCUT2D eigenvalue weighted by Crippen LogP contribution is -1.83. The summed E-state index contributed by atoms with van der Waals surface area (Å²) in [6, 6.07) is 12.4. The summed E-state index contributed by atoms with van der Waals surface area (Å²) in [5, 5.41) is 5.43. The number of thiophene rings is 1. The van der Waals surface area contributed by atoms with Crippen LogP contribution in [0.15, 0.2) is 42.6 Å². The third kappa shape index (κ3) is 1.45. The zero-order chi connectivity index (χ0) is 10.3. The Bertz CT molecular complexity index is 574. The van der Waals surface area contributed by atoms with Gasteiger partial charge in [0.25, 0.3) is 0 Å². The Balaban J connectivity index is 2.19. The Morgan fingerprint density at radius 2 is 2.07 bits per heavy atom. The smallest absolute Gasteiger partial charge is 0.102 e. The first-order chi connectivity index (χ1) is 7.33. The summed E-state index contributed by atoms with van der Waals surface area (Å²) >= 11 is 1.73. The normalized spacial score (nSPS) is 11.0. The minimum atomic E-state index is 0.929. The number of benzene rings is 1. The highest BCUT2D eigenvalue weighted by atomic mass is 32.1. The molecule has 2 heterocycles. The van der Waals surface area contributed by atoms with Crippen LogP contribution in [0.25, 0.3) is 20.7 Å². The molecule has 0 N–H and O–H groups in total. The fourth-order valence-corrected chi connectivity index (χ4v) is 2.61. The van der Waals surface area contributed by atoms with E-state index in [4.69, 9.17) is 7.05 Å². The van der Waals surface area contributed by atoms with Gasteiger partial charge in [-0.15, -0.1) is 11.3 Å². The summed E-state index contributed by atoms with van der Waals surface area (Å²) in [5.74, 6) is 0. The van der Waals surface area contributed by atoms with Gasteiger partial charge in [0.05, 0.1) is 4.88 Å². The monoisotopic (exact) mass is 212 g/mol. The van der Waals surface area contributed by atoms with Crippen LogP contribution in [-0.4, -0.2) is 9.78 Å². The maximum Gasteiger partial charge on any atom is 0.102 e. The highest BCUT2D eigenvalue weighted by molar-refractivity contribution is 7.22. The molecule has 2 nitrogen and oxygen atoms in total. The summed E-state index contributed by atoms with van der Waals surface area (Å²) in [6.07, 6.45) is 1.75. The molecule has 0 bridgehead atoms. The van der Waals surface area contributed by atoms with Gasteiger partial charge in [0.1, 0.15) is 12.7 Å². The van der Waals surface area contributed by atoms with E-state index in [1.165, 1.54) is 14.8 Å². The zero-order valence-corrected chi connectivity index (χ0v) is 8.74. The van der Waals surface area contributed by atoms with Crippen molar-refractivity contribution in [1.82, 2.24) is 9.78 Å². The van der Waals surface area contributed by atoms with Gasteiger partial charge in [-0.3, -0.25) is 4.68 Å². The van der Waals surface area contributed by atoms with Crippen LogP contribution in [0.2, 0.25) is 0 Å². The first kappa shape index (κ1) is 8.68. The number of fused-ring (bicyclic) bond motifs is 1. The van der Waals surface area contributed by atoms with Gasteiger partial charge < -0.3 is 0 Å². The first-order valence-corrected chi connectivity index (χ1v) is 5.44. The highest BCUT2D eigenvalue weighted by Gasteiger charge is 2.05. The molecule has 2 radical (unpaired) electrons. The summed E-state index contributed by atoms with van der Waals surface area (Å²) in [6.45, 7) is 0. The van der Waals surface area contributed by atoms with Crippen LogP contribution < -0.4 is 0 Å². The molecule has 3 heteroatoms. The molecule has 0 atom stereocenters. The Morgan fingerprint density at radius 3 is 2.80 bits per heavy atom. The number of hydrogen-bond donors (Lipinski definition) is 0. The SMILES string of the molecule is [CH]n1ccc(-c2cc3ccccc3s2)n1. The lowest BCUT2D eigenvalue weighted by molar-refractivity contribution is 0.882. The Kier molecular flexibility index (Phi) is 1.86. The molecule has 0 aliphatic heterocycles. The third-order valence-corrected chi connectivity index (χ3v) is 3.42. The van der Waals surface area contributed by atoms with Crippen LogP contribution in [0.4, 0.5) is 0 Å². The number of aromatic nitrogens is 2. The second-order valence-electron chi connectivity index (χ2n) is 3.33. The van der Waals surface area contributed by atoms with E-state index in [1.807, 2.05) is 18.2 Å². The molecular weight excluding hydrogens is 204 g/mol. The summed E-state index contributed by atoms with van der Waals surface area (Å²) in [4.78, 5) is 1.15. The van der Waals surface area contributed by atoms with Crippen LogP contribution in [-0.2, 0) is 0 Å². The van der Waals surface area contributed by atoms with Gasteiger partial charge in [-0.05, 0) is 23.6 Å². The molecule has 0 fully saturated rings. The van der Waals surface area contributed by atoms with Gasteiger partial charge in [-0.2, -0.15) is 5.10 Å². The van der Waals surface area contributed by atoms with Crippen LogP contribution >= 0.6 is 11.3 Å². The average molecular weight is 212 g/mol. The minimum Gasteiger partial charge on any atom is -0.265 e. The first-order valence-electron chi connectivity index (χ1n) is 4.62. The van der Waals surface area contributed by atoms with Crippen molar-refractivity contribution in [2.75, 3.05) is 0 Å². The fraction of sp³-hybridized carbons (Fsp3) is 0. The van der Waals surface area contributed by atoms with Crippen molar-refractivity contribution in [2.45, 2.75) is 0 Å². The van der Waals surface area contributed by atoms with Crippen LogP contribution in [0.5, 0.6) is 0 Å². The molecule has 0 unspecified atom stereocenters. The Labute approximate surface area is 91.8 Å². The van der Waals surface area contributed by atoms with Crippen molar-refractivity contribution in [2.24, 2.45) is 0 Å². The van der Waals surface area contributed by atoms with Crippen molar-refractivity contribution in [3.05, 3.63) is 49.6 Å². The van der Waals surface area contributed by atoms with E-state index in [-0.39, 0.29) is 0 Å². The fourth-order valence-electron chi connectivity index (χ4n) is 1.58. The standard InChI is InChI=1S/C12H8N2S/c1-14-7-6-10(13-14)12-8-9-4-2-3-5-11(9)15-12/h1-8H. The second kappa shape index (κ2) is 3.21. The van der Waals surface area contributed by atoms with Crippen LogP contribution in [0.1, 0.15) is 0 Å². The molecule has 15 heavy (non-hydrogen) atoms. The van der Waals surface area contributed by atoms with E-state index in [0.29, 0.717) is 0 Å². The van der Waals surface area contributed by atoms with E-state index < -0.39 is 0 Å². The van der Waals surface area contributed by atoms with Crippen LogP contribution in [0.3, 0.4) is 0 Å². The molecule has 0 spiro atoms. The number of rotatable bonds is 1. The molecule has 3 rings (SSSR count). The maximum atomic E-state index is 5.52. The van der Waals surface area contributed by atoms with Crippen molar-refractivity contribution < 1.29 is 0 Å². The summed E-state index contributed by atoms with van der Waals surface area (Å²) < 4.78 is 2.61. The molecule has 0 aliphatic rings. The molecule has 0 aliphatic carbocycles. The highest BCUT2D eigenvalue weighted by Crippen LogP contribution is 2.32. The van der Waals surface area contributed by atoms with Gasteiger partial charge in [0.2, 0.25) is 0 Å². The molecule has 0 saturated carbocycles. The van der Waals surface area contributed by atoms with Gasteiger partial charge in [0.15, 0.2) is 0 Å². The second-order valence-corrected chi connectivity index (χ2v) is 4.41. The van der Waals surface area contributed by atoms with E-state index in [2.05, 4.69) is 23.3 Å².